The first-order valence-electron chi connectivity index (χ1n) is 4.99. The number of anilines is 2. The first-order chi connectivity index (χ1) is 7.43. The molecule has 2 rings (SSSR count). The lowest BCUT2D eigenvalue weighted by Crippen LogP contribution is -2.13. The van der Waals surface area contributed by atoms with Gasteiger partial charge in [0.2, 0.25) is 0 Å². The quantitative estimate of drug-likeness (QED) is 0.822. The Morgan fingerprint density at radius 3 is 2.50 bits per heavy atom. The third kappa shape index (κ3) is 1.91. The van der Waals surface area contributed by atoms with Crippen molar-refractivity contribution in [2.45, 2.75) is 24.9 Å². The van der Waals surface area contributed by atoms with E-state index in [-0.39, 0.29) is 17.3 Å². The molecule has 0 aliphatic heterocycles. The van der Waals surface area contributed by atoms with Gasteiger partial charge in [0.25, 0.3) is 0 Å². The van der Waals surface area contributed by atoms with Crippen LogP contribution in [0.15, 0.2) is 6.07 Å². The average molecular weight is 231 g/mol. The van der Waals surface area contributed by atoms with Gasteiger partial charge in [0, 0.05) is 13.0 Å². The number of nitrogens with one attached hydrogen (secondary N) is 1. The van der Waals surface area contributed by atoms with Gasteiger partial charge in [-0.3, -0.25) is 0 Å². The van der Waals surface area contributed by atoms with E-state index >= 15 is 0 Å². The minimum atomic E-state index is -4.38. The summed E-state index contributed by atoms with van der Waals surface area (Å²) in [6.45, 7) is 0. The molecule has 0 spiro atoms. The molecule has 1 aliphatic carbocycles. The van der Waals surface area contributed by atoms with Crippen molar-refractivity contribution in [1.82, 2.24) is 4.98 Å². The zero-order valence-electron chi connectivity index (χ0n) is 8.73. The Hall–Kier alpha value is -1.46. The predicted octanol–water partition coefficient (Wildman–Crippen LogP) is 2.60. The van der Waals surface area contributed by atoms with Gasteiger partial charge in [0.05, 0.1) is 16.9 Å². The number of halogens is 3. The Kier molecular flexibility index (Phi) is 2.44. The van der Waals surface area contributed by atoms with E-state index in [1.54, 1.807) is 7.05 Å². The lowest BCUT2D eigenvalue weighted by Gasteiger charge is -2.14. The molecule has 0 amide bonds. The van der Waals surface area contributed by atoms with Crippen molar-refractivity contribution in [2.75, 3.05) is 18.1 Å². The topological polar surface area (TPSA) is 50.9 Å². The van der Waals surface area contributed by atoms with Gasteiger partial charge < -0.3 is 11.1 Å². The maximum atomic E-state index is 12.7. The normalized spacial score (nSPS) is 16.2. The average Bonchev–Trinajstić information content (AvgIpc) is 2.99. The molecular formula is C10H12F3N3. The standard InChI is InChI=1S/C10H12F3N3/c1-15-9-7(14)4-6(10(11,12)13)8(16-9)5-2-3-5/h4-5H,2-3,14H2,1H3,(H,15,16). The second-order valence-electron chi connectivity index (χ2n) is 3.88. The van der Waals surface area contributed by atoms with Crippen LogP contribution in [0.1, 0.15) is 30.0 Å². The number of rotatable bonds is 2. The number of nitrogen functional groups attached to an aromatic ring is 1. The summed E-state index contributed by atoms with van der Waals surface area (Å²) in [7, 11) is 1.59. The van der Waals surface area contributed by atoms with Crippen LogP contribution in [0.4, 0.5) is 24.7 Å². The highest BCUT2D eigenvalue weighted by molar-refractivity contribution is 5.63. The Labute approximate surface area is 90.9 Å². The molecule has 1 aromatic rings. The molecule has 3 N–H and O–H groups in total. The van der Waals surface area contributed by atoms with Crippen molar-refractivity contribution in [2.24, 2.45) is 0 Å². The Morgan fingerprint density at radius 1 is 1.44 bits per heavy atom. The van der Waals surface area contributed by atoms with E-state index < -0.39 is 11.7 Å². The monoisotopic (exact) mass is 231 g/mol. The summed E-state index contributed by atoms with van der Waals surface area (Å²) < 4.78 is 38.2. The van der Waals surface area contributed by atoms with Crippen LogP contribution >= 0.6 is 0 Å². The number of hydrogen-bond donors (Lipinski definition) is 2. The molecule has 88 valence electrons. The van der Waals surface area contributed by atoms with Crippen molar-refractivity contribution >= 4 is 11.5 Å². The number of alkyl halides is 3. The molecule has 0 radical (unpaired) electrons. The second-order valence-corrected chi connectivity index (χ2v) is 3.88. The first kappa shape index (κ1) is 11.0. The van der Waals surface area contributed by atoms with Gasteiger partial charge in [0.1, 0.15) is 5.82 Å². The molecule has 16 heavy (non-hydrogen) atoms. The SMILES string of the molecule is CNc1nc(C2CC2)c(C(F)(F)F)cc1N. The van der Waals surface area contributed by atoms with Crippen LogP contribution in [-0.2, 0) is 6.18 Å². The Morgan fingerprint density at radius 2 is 2.06 bits per heavy atom. The maximum Gasteiger partial charge on any atom is 0.418 e. The van der Waals surface area contributed by atoms with E-state index in [1.165, 1.54) is 0 Å². The number of aromatic nitrogens is 1. The fourth-order valence-electron chi connectivity index (χ4n) is 1.64. The van der Waals surface area contributed by atoms with Gasteiger partial charge in [0.15, 0.2) is 0 Å². The van der Waals surface area contributed by atoms with E-state index in [2.05, 4.69) is 10.3 Å². The van der Waals surface area contributed by atoms with Crippen molar-refractivity contribution in [1.29, 1.82) is 0 Å². The van der Waals surface area contributed by atoms with E-state index in [4.69, 9.17) is 5.73 Å². The zero-order chi connectivity index (χ0) is 11.9. The minimum absolute atomic E-state index is 0.0271. The number of hydrogen-bond acceptors (Lipinski definition) is 3. The molecule has 3 nitrogen and oxygen atoms in total. The van der Waals surface area contributed by atoms with Crippen LogP contribution in [0.5, 0.6) is 0 Å². The Balaban J connectivity index is 2.54. The molecule has 6 heteroatoms. The molecule has 0 aromatic carbocycles. The smallest absolute Gasteiger partial charge is 0.396 e. The molecule has 0 saturated heterocycles. The van der Waals surface area contributed by atoms with Crippen LogP contribution in [0.2, 0.25) is 0 Å². The van der Waals surface area contributed by atoms with Crippen molar-refractivity contribution in [3.8, 4) is 0 Å². The molecule has 0 atom stereocenters. The molecule has 0 bridgehead atoms. The number of pyridine rings is 1. The summed E-state index contributed by atoms with van der Waals surface area (Å²) in [6, 6.07) is 0.965. The van der Waals surface area contributed by atoms with Gasteiger partial charge in [-0.2, -0.15) is 13.2 Å². The van der Waals surface area contributed by atoms with Gasteiger partial charge in [-0.25, -0.2) is 4.98 Å². The van der Waals surface area contributed by atoms with Gasteiger partial charge in [-0.1, -0.05) is 0 Å². The zero-order valence-corrected chi connectivity index (χ0v) is 8.73. The number of nitrogens with zero attached hydrogens (tertiary/aromatic N) is 1. The van der Waals surface area contributed by atoms with Crippen LogP contribution in [0, 0.1) is 0 Å². The van der Waals surface area contributed by atoms with Crippen LogP contribution in [0.25, 0.3) is 0 Å². The van der Waals surface area contributed by atoms with Gasteiger partial charge in [-0.05, 0) is 18.9 Å². The van der Waals surface area contributed by atoms with E-state index in [9.17, 15) is 13.2 Å². The van der Waals surface area contributed by atoms with Gasteiger partial charge >= 0.3 is 6.18 Å². The first-order valence-corrected chi connectivity index (χ1v) is 4.99. The van der Waals surface area contributed by atoms with Crippen LogP contribution in [0.3, 0.4) is 0 Å². The third-order valence-corrected chi connectivity index (χ3v) is 2.59. The highest BCUT2D eigenvalue weighted by Gasteiger charge is 2.40. The largest absolute Gasteiger partial charge is 0.418 e. The fraction of sp³-hybridized carbons (Fsp3) is 0.500. The fourth-order valence-corrected chi connectivity index (χ4v) is 1.64. The summed E-state index contributed by atoms with van der Waals surface area (Å²) >= 11 is 0. The highest BCUT2D eigenvalue weighted by atomic mass is 19.4. The van der Waals surface area contributed by atoms with E-state index in [1.807, 2.05) is 0 Å². The van der Waals surface area contributed by atoms with Crippen molar-refractivity contribution < 1.29 is 13.2 Å². The number of nitrogens with two attached hydrogens (primary N) is 1. The van der Waals surface area contributed by atoms with Crippen molar-refractivity contribution in [3.63, 3.8) is 0 Å². The highest BCUT2D eigenvalue weighted by Crippen LogP contribution is 2.46. The molecule has 1 saturated carbocycles. The van der Waals surface area contributed by atoms with Crippen LogP contribution in [-0.4, -0.2) is 12.0 Å². The maximum absolute atomic E-state index is 12.7. The molecule has 1 heterocycles. The molecule has 0 unspecified atom stereocenters. The molecule has 1 fully saturated rings. The summed E-state index contributed by atoms with van der Waals surface area (Å²) in [5.74, 6) is 0.249. The summed E-state index contributed by atoms with van der Waals surface area (Å²) in [6.07, 6.45) is -2.85. The molecular weight excluding hydrogens is 219 g/mol. The summed E-state index contributed by atoms with van der Waals surface area (Å²) in [5.41, 5.74) is 4.93. The minimum Gasteiger partial charge on any atom is -0.396 e. The third-order valence-electron chi connectivity index (χ3n) is 2.59. The lowest BCUT2D eigenvalue weighted by atomic mass is 10.1. The van der Waals surface area contributed by atoms with E-state index in [0.29, 0.717) is 5.82 Å². The predicted molar refractivity (Wildman–Crippen MR) is 55.2 cm³/mol. The van der Waals surface area contributed by atoms with Crippen molar-refractivity contribution in [3.05, 3.63) is 17.3 Å². The Bertz CT molecular complexity index is 411. The van der Waals surface area contributed by atoms with Crippen LogP contribution < -0.4 is 11.1 Å². The van der Waals surface area contributed by atoms with Gasteiger partial charge in [-0.15, -0.1) is 0 Å². The second kappa shape index (κ2) is 3.54. The van der Waals surface area contributed by atoms with E-state index in [0.717, 1.165) is 18.9 Å². The molecule has 1 aromatic heterocycles. The summed E-state index contributed by atoms with van der Waals surface area (Å²) in [5, 5.41) is 2.69. The lowest BCUT2D eigenvalue weighted by molar-refractivity contribution is -0.138. The molecule has 1 aliphatic rings. The summed E-state index contributed by atoms with van der Waals surface area (Å²) in [4.78, 5) is 3.96.